The molecule has 1 N–H and O–H groups in total. The van der Waals surface area contributed by atoms with Gasteiger partial charge in [0.05, 0.1) is 7.11 Å². The van der Waals surface area contributed by atoms with Crippen LogP contribution in [0.15, 0.2) is 30.3 Å². The van der Waals surface area contributed by atoms with Crippen LogP contribution in [-0.2, 0) is 15.1 Å². The second-order valence-corrected chi connectivity index (χ2v) is 6.63. The van der Waals surface area contributed by atoms with Crippen molar-refractivity contribution in [1.29, 1.82) is 0 Å². The van der Waals surface area contributed by atoms with E-state index in [0.717, 1.165) is 24.3 Å². The van der Waals surface area contributed by atoms with Crippen LogP contribution in [0.4, 0.5) is 0 Å². The molecule has 1 aromatic rings. The topological polar surface area (TPSA) is 38.3 Å². The summed E-state index contributed by atoms with van der Waals surface area (Å²) in [6.07, 6.45) is 0.973. The fraction of sp³-hybridized carbons (Fsp3) is 0.588. The van der Waals surface area contributed by atoms with Crippen LogP contribution >= 0.6 is 11.8 Å². The molecule has 0 bridgehead atoms. The van der Waals surface area contributed by atoms with Gasteiger partial charge in [-0.25, -0.2) is 4.79 Å². The van der Waals surface area contributed by atoms with Crippen LogP contribution in [0.5, 0.6) is 0 Å². The molecule has 1 aromatic carbocycles. The summed E-state index contributed by atoms with van der Waals surface area (Å²) in [4.78, 5) is 12.5. The molecule has 118 valence electrons. The first kappa shape index (κ1) is 18.1. The number of methoxy groups -OCH3 is 1. The highest BCUT2D eigenvalue weighted by Gasteiger charge is 2.40. The lowest BCUT2D eigenvalue weighted by Crippen LogP contribution is -2.52. The summed E-state index contributed by atoms with van der Waals surface area (Å²) in [5.74, 6) is 2.10. The van der Waals surface area contributed by atoms with Gasteiger partial charge in [0.25, 0.3) is 0 Å². The zero-order valence-electron chi connectivity index (χ0n) is 13.5. The zero-order valence-corrected chi connectivity index (χ0v) is 14.3. The minimum atomic E-state index is -0.758. The summed E-state index contributed by atoms with van der Waals surface area (Å²) < 4.78 is 5.11. The average Bonchev–Trinajstić information content (AvgIpc) is 2.50. The fourth-order valence-corrected chi connectivity index (χ4v) is 3.45. The third kappa shape index (κ3) is 5.04. The van der Waals surface area contributed by atoms with E-state index in [9.17, 15) is 4.79 Å². The summed E-state index contributed by atoms with van der Waals surface area (Å²) in [6.45, 7) is 7.26. The van der Waals surface area contributed by atoms with Gasteiger partial charge in [0.2, 0.25) is 0 Å². The van der Waals surface area contributed by atoms with Crippen LogP contribution in [0.3, 0.4) is 0 Å². The third-order valence-corrected chi connectivity index (χ3v) is 4.79. The number of rotatable bonds is 9. The molecule has 0 aliphatic rings. The molecule has 0 spiro atoms. The Morgan fingerprint density at radius 2 is 2.00 bits per heavy atom. The van der Waals surface area contributed by atoms with E-state index in [1.54, 1.807) is 11.8 Å². The molecule has 0 aliphatic carbocycles. The number of ether oxygens (including phenoxy) is 1. The van der Waals surface area contributed by atoms with Crippen molar-refractivity contribution < 1.29 is 9.53 Å². The molecular weight excluding hydrogens is 282 g/mol. The molecule has 21 heavy (non-hydrogen) atoms. The van der Waals surface area contributed by atoms with Crippen molar-refractivity contribution >= 4 is 17.7 Å². The summed E-state index contributed by atoms with van der Waals surface area (Å²) in [7, 11) is 1.46. The average molecular weight is 309 g/mol. The van der Waals surface area contributed by atoms with Crippen LogP contribution in [-0.4, -0.2) is 31.1 Å². The van der Waals surface area contributed by atoms with E-state index in [-0.39, 0.29) is 5.97 Å². The SMILES string of the molecule is CCCNC(CSCC(C)C)(C(=O)OC)c1ccccc1. The molecule has 1 atom stereocenters. The smallest absolute Gasteiger partial charge is 0.331 e. The van der Waals surface area contributed by atoms with Gasteiger partial charge in [-0.05, 0) is 30.2 Å². The minimum Gasteiger partial charge on any atom is -0.467 e. The first-order chi connectivity index (χ1) is 10.1. The molecule has 4 heteroatoms. The number of hydrogen-bond donors (Lipinski definition) is 1. The zero-order chi connectivity index (χ0) is 15.7. The highest BCUT2D eigenvalue weighted by Crippen LogP contribution is 2.28. The quantitative estimate of drug-likeness (QED) is 0.709. The van der Waals surface area contributed by atoms with Crippen molar-refractivity contribution in [1.82, 2.24) is 5.32 Å². The van der Waals surface area contributed by atoms with Crippen LogP contribution in [0.1, 0.15) is 32.8 Å². The number of thioether (sulfide) groups is 1. The molecule has 1 unspecified atom stereocenters. The van der Waals surface area contributed by atoms with Crippen molar-refractivity contribution in [2.24, 2.45) is 5.92 Å². The van der Waals surface area contributed by atoms with E-state index in [4.69, 9.17) is 4.74 Å². The van der Waals surface area contributed by atoms with Gasteiger partial charge in [-0.15, -0.1) is 0 Å². The normalized spacial score (nSPS) is 14.0. The first-order valence-corrected chi connectivity index (χ1v) is 8.69. The van der Waals surface area contributed by atoms with Crippen molar-refractivity contribution in [3.63, 3.8) is 0 Å². The lowest BCUT2D eigenvalue weighted by atomic mass is 9.91. The Morgan fingerprint density at radius 3 is 2.52 bits per heavy atom. The van der Waals surface area contributed by atoms with Crippen molar-refractivity contribution in [2.45, 2.75) is 32.7 Å². The molecular formula is C17H27NO2S. The molecule has 0 aliphatic heterocycles. The summed E-state index contributed by atoms with van der Waals surface area (Å²) in [5.41, 5.74) is 0.215. The molecule has 0 heterocycles. The highest BCUT2D eigenvalue weighted by molar-refractivity contribution is 7.99. The van der Waals surface area contributed by atoms with Gasteiger partial charge in [0.1, 0.15) is 0 Å². The first-order valence-electron chi connectivity index (χ1n) is 7.53. The van der Waals surface area contributed by atoms with E-state index in [1.165, 1.54) is 7.11 Å². The van der Waals surface area contributed by atoms with E-state index < -0.39 is 5.54 Å². The highest BCUT2D eigenvalue weighted by atomic mass is 32.2. The van der Waals surface area contributed by atoms with Gasteiger partial charge < -0.3 is 4.74 Å². The number of esters is 1. The van der Waals surface area contributed by atoms with E-state index in [2.05, 4.69) is 26.1 Å². The summed E-state index contributed by atoms with van der Waals surface area (Å²) in [5, 5.41) is 3.43. The van der Waals surface area contributed by atoms with E-state index in [0.29, 0.717) is 11.7 Å². The molecule has 0 amide bonds. The number of nitrogens with one attached hydrogen (secondary N) is 1. The maximum absolute atomic E-state index is 12.5. The molecule has 1 rings (SSSR count). The van der Waals surface area contributed by atoms with Gasteiger partial charge in [-0.2, -0.15) is 11.8 Å². The van der Waals surface area contributed by atoms with Crippen LogP contribution in [0.2, 0.25) is 0 Å². The molecule has 0 aromatic heterocycles. The van der Waals surface area contributed by atoms with Gasteiger partial charge in [0, 0.05) is 5.75 Å². The Labute approximate surface area is 132 Å². The van der Waals surface area contributed by atoms with Crippen molar-refractivity contribution in [3.8, 4) is 0 Å². The lowest BCUT2D eigenvalue weighted by Gasteiger charge is -2.32. The van der Waals surface area contributed by atoms with Gasteiger partial charge in [-0.3, -0.25) is 5.32 Å². The monoisotopic (exact) mass is 309 g/mol. The van der Waals surface area contributed by atoms with Gasteiger partial charge in [0.15, 0.2) is 5.54 Å². The van der Waals surface area contributed by atoms with Crippen LogP contribution < -0.4 is 5.32 Å². The maximum Gasteiger partial charge on any atom is 0.331 e. The lowest BCUT2D eigenvalue weighted by molar-refractivity contribution is -0.148. The Balaban J connectivity index is 3.05. The maximum atomic E-state index is 12.5. The third-order valence-electron chi connectivity index (χ3n) is 3.25. The van der Waals surface area contributed by atoms with Gasteiger partial charge in [-0.1, -0.05) is 51.1 Å². The van der Waals surface area contributed by atoms with E-state index in [1.807, 2.05) is 30.3 Å². The number of carbonyl (C=O) groups is 1. The van der Waals surface area contributed by atoms with Crippen LogP contribution in [0, 0.1) is 5.92 Å². The molecule has 0 saturated carbocycles. The summed E-state index contributed by atoms with van der Waals surface area (Å²) >= 11 is 1.79. The van der Waals surface area contributed by atoms with Crippen molar-refractivity contribution in [3.05, 3.63) is 35.9 Å². The van der Waals surface area contributed by atoms with Gasteiger partial charge >= 0.3 is 5.97 Å². The Kier molecular flexibility index (Phi) is 7.83. The molecule has 0 fully saturated rings. The van der Waals surface area contributed by atoms with E-state index >= 15 is 0 Å². The summed E-state index contributed by atoms with van der Waals surface area (Å²) in [6, 6.07) is 9.89. The predicted octanol–water partition coefficient (Wildman–Crippen LogP) is 3.44. The second-order valence-electron chi connectivity index (χ2n) is 5.60. The number of hydrogen-bond acceptors (Lipinski definition) is 4. The number of benzene rings is 1. The molecule has 3 nitrogen and oxygen atoms in total. The molecule has 0 radical (unpaired) electrons. The fourth-order valence-electron chi connectivity index (χ4n) is 2.17. The van der Waals surface area contributed by atoms with Crippen molar-refractivity contribution in [2.75, 3.05) is 25.2 Å². The Bertz CT molecular complexity index is 422. The Hall–Kier alpha value is -1.00. The minimum absolute atomic E-state index is 0.210. The predicted molar refractivity (Wildman–Crippen MR) is 90.6 cm³/mol. The second kappa shape index (κ2) is 9.11. The van der Waals surface area contributed by atoms with Crippen LogP contribution in [0.25, 0.3) is 0 Å². The Morgan fingerprint density at radius 1 is 1.33 bits per heavy atom. The standard InChI is InChI=1S/C17H27NO2S/c1-5-11-18-17(16(19)20-4,13-21-12-14(2)3)15-9-7-6-8-10-15/h6-10,14,18H,5,11-13H2,1-4H3. The number of carbonyl (C=O) groups excluding carboxylic acids is 1. The largest absolute Gasteiger partial charge is 0.467 e. The molecule has 0 saturated heterocycles.